The van der Waals surface area contributed by atoms with Crippen LogP contribution >= 0.6 is 0 Å². The number of hydrogen-bond donors (Lipinski definition) is 2. The number of nitrogens with two attached hydrogens (primary N) is 1. The van der Waals surface area contributed by atoms with Crippen molar-refractivity contribution in [1.82, 2.24) is 5.32 Å². The largest absolute Gasteiger partial charge is 0.360 e. The summed E-state index contributed by atoms with van der Waals surface area (Å²) in [5.41, 5.74) is 6.68. The molecule has 1 aromatic carbocycles. The number of rotatable bonds is 9. The molecule has 0 aliphatic rings. The molecule has 21 heavy (non-hydrogen) atoms. The molecule has 0 fully saturated rings. The molecule has 1 amide bonds. The van der Waals surface area contributed by atoms with E-state index in [1.54, 1.807) is 0 Å². The molecule has 1 atom stereocenters. The van der Waals surface area contributed by atoms with Gasteiger partial charge in [-0.15, -0.1) is 0 Å². The first-order valence-corrected chi connectivity index (χ1v) is 7.85. The normalized spacial score (nSPS) is 12.2. The second-order valence-corrected chi connectivity index (χ2v) is 5.82. The Balaban J connectivity index is 2.66. The van der Waals surface area contributed by atoms with Crippen molar-refractivity contribution in [3.05, 3.63) is 30.3 Å². The van der Waals surface area contributed by atoms with E-state index in [-0.39, 0.29) is 11.9 Å². The number of amides is 1. The van der Waals surface area contributed by atoms with Crippen molar-refractivity contribution in [3.8, 4) is 0 Å². The van der Waals surface area contributed by atoms with E-state index in [1.807, 2.05) is 37.3 Å². The standard InChI is InChI=1S/C17H29N3O/c1-14(2)10-12-19-17(21)15(3)20(13-7-11-18)16-8-5-4-6-9-16/h4-6,8-9,14-15H,7,10-13,18H2,1-3H3,(H,19,21). The van der Waals surface area contributed by atoms with Crippen LogP contribution in [0.4, 0.5) is 5.69 Å². The topological polar surface area (TPSA) is 58.4 Å². The molecule has 0 spiro atoms. The van der Waals surface area contributed by atoms with Crippen LogP contribution in [-0.2, 0) is 4.79 Å². The van der Waals surface area contributed by atoms with E-state index in [2.05, 4.69) is 24.1 Å². The molecule has 0 radical (unpaired) electrons. The molecule has 0 heterocycles. The molecule has 0 aliphatic carbocycles. The molecule has 118 valence electrons. The Labute approximate surface area is 128 Å². The van der Waals surface area contributed by atoms with Crippen LogP contribution in [0.5, 0.6) is 0 Å². The maximum absolute atomic E-state index is 12.3. The molecule has 1 rings (SSSR count). The minimum Gasteiger partial charge on any atom is -0.360 e. The Morgan fingerprint density at radius 2 is 1.90 bits per heavy atom. The highest BCUT2D eigenvalue weighted by molar-refractivity contribution is 5.84. The lowest BCUT2D eigenvalue weighted by Crippen LogP contribution is -2.46. The van der Waals surface area contributed by atoms with Crippen LogP contribution in [0.15, 0.2) is 30.3 Å². The number of hydrogen-bond acceptors (Lipinski definition) is 3. The fourth-order valence-corrected chi connectivity index (χ4v) is 2.20. The summed E-state index contributed by atoms with van der Waals surface area (Å²) in [5, 5.41) is 3.03. The van der Waals surface area contributed by atoms with Gasteiger partial charge >= 0.3 is 0 Å². The Morgan fingerprint density at radius 1 is 1.24 bits per heavy atom. The maximum atomic E-state index is 12.3. The third kappa shape index (κ3) is 6.17. The molecule has 0 aliphatic heterocycles. The summed E-state index contributed by atoms with van der Waals surface area (Å²) in [6.45, 7) is 8.43. The molecular weight excluding hydrogens is 262 g/mol. The zero-order valence-electron chi connectivity index (χ0n) is 13.5. The first kappa shape index (κ1) is 17.5. The van der Waals surface area contributed by atoms with Crippen LogP contribution in [-0.4, -0.2) is 31.6 Å². The molecule has 1 aromatic rings. The second kappa shape index (κ2) is 9.40. The van der Waals surface area contributed by atoms with Crippen molar-refractivity contribution in [2.24, 2.45) is 11.7 Å². The van der Waals surface area contributed by atoms with Crippen molar-refractivity contribution < 1.29 is 4.79 Å². The van der Waals surface area contributed by atoms with Crippen LogP contribution in [0.25, 0.3) is 0 Å². The molecule has 1 unspecified atom stereocenters. The van der Waals surface area contributed by atoms with E-state index in [9.17, 15) is 4.79 Å². The molecule has 0 saturated carbocycles. The van der Waals surface area contributed by atoms with Crippen LogP contribution in [0, 0.1) is 5.92 Å². The van der Waals surface area contributed by atoms with Crippen molar-refractivity contribution >= 4 is 11.6 Å². The van der Waals surface area contributed by atoms with Crippen molar-refractivity contribution in [1.29, 1.82) is 0 Å². The van der Waals surface area contributed by atoms with Crippen LogP contribution in [0.3, 0.4) is 0 Å². The number of carbonyl (C=O) groups is 1. The number of benzene rings is 1. The first-order valence-electron chi connectivity index (χ1n) is 7.85. The predicted octanol–water partition coefficient (Wildman–Crippen LogP) is 2.39. The fourth-order valence-electron chi connectivity index (χ4n) is 2.20. The zero-order valence-corrected chi connectivity index (χ0v) is 13.5. The third-order valence-corrected chi connectivity index (χ3v) is 3.56. The number of para-hydroxylation sites is 1. The summed E-state index contributed by atoms with van der Waals surface area (Å²) in [4.78, 5) is 14.4. The van der Waals surface area contributed by atoms with E-state index in [0.29, 0.717) is 12.5 Å². The Bertz CT molecular complexity index is 406. The molecule has 4 heteroatoms. The van der Waals surface area contributed by atoms with Gasteiger partial charge in [0.1, 0.15) is 6.04 Å². The Morgan fingerprint density at radius 3 is 2.48 bits per heavy atom. The monoisotopic (exact) mass is 291 g/mol. The van der Waals surface area contributed by atoms with Gasteiger partial charge in [0.2, 0.25) is 5.91 Å². The number of nitrogens with zero attached hydrogens (tertiary/aromatic N) is 1. The quantitative estimate of drug-likeness (QED) is 0.734. The smallest absolute Gasteiger partial charge is 0.242 e. The molecular formula is C17H29N3O. The van der Waals surface area contributed by atoms with E-state index < -0.39 is 0 Å². The minimum absolute atomic E-state index is 0.0801. The van der Waals surface area contributed by atoms with Gasteiger partial charge in [-0.1, -0.05) is 32.0 Å². The maximum Gasteiger partial charge on any atom is 0.242 e. The SMILES string of the molecule is CC(C)CCNC(=O)C(C)N(CCCN)c1ccccc1. The summed E-state index contributed by atoms with van der Waals surface area (Å²) < 4.78 is 0. The van der Waals surface area contributed by atoms with Crippen LogP contribution in [0.1, 0.15) is 33.6 Å². The predicted molar refractivity (Wildman–Crippen MR) is 89.4 cm³/mol. The van der Waals surface area contributed by atoms with Crippen molar-refractivity contribution in [2.45, 2.75) is 39.7 Å². The second-order valence-electron chi connectivity index (χ2n) is 5.82. The van der Waals surface area contributed by atoms with E-state index in [0.717, 1.165) is 31.6 Å². The van der Waals surface area contributed by atoms with Gasteiger partial charge in [-0.2, -0.15) is 0 Å². The van der Waals surface area contributed by atoms with Gasteiger partial charge in [-0.25, -0.2) is 0 Å². The van der Waals surface area contributed by atoms with Crippen molar-refractivity contribution in [2.75, 3.05) is 24.5 Å². The summed E-state index contributed by atoms with van der Waals surface area (Å²) >= 11 is 0. The van der Waals surface area contributed by atoms with Gasteiger partial charge in [0, 0.05) is 18.8 Å². The van der Waals surface area contributed by atoms with Crippen LogP contribution < -0.4 is 16.0 Å². The molecule has 0 saturated heterocycles. The van der Waals surface area contributed by atoms with Gasteiger partial charge in [0.25, 0.3) is 0 Å². The summed E-state index contributed by atoms with van der Waals surface area (Å²) in [6, 6.07) is 9.86. The van der Waals surface area contributed by atoms with Gasteiger partial charge in [0.05, 0.1) is 0 Å². The highest BCUT2D eigenvalue weighted by Crippen LogP contribution is 2.17. The average Bonchev–Trinajstić information content (AvgIpc) is 2.48. The van der Waals surface area contributed by atoms with E-state index in [4.69, 9.17) is 5.73 Å². The van der Waals surface area contributed by atoms with Gasteiger partial charge in [-0.3, -0.25) is 4.79 Å². The molecule has 3 N–H and O–H groups in total. The highest BCUT2D eigenvalue weighted by Gasteiger charge is 2.20. The lowest BCUT2D eigenvalue weighted by atomic mass is 10.1. The van der Waals surface area contributed by atoms with E-state index in [1.165, 1.54) is 0 Å². The lowest BCUT2D eigenvalue weighted by Gasteiger charge is -2.30. The van der Waals surface area contributed by atoms with Gasteiger partial charge in [0.15, 0.2) is 0 Å². The number of nitrogens with one attached hydrogen (secondary N) is 1. The summed E-state index contributed by atoms with van der Waals surface area (Å²) in [5.74, 6) is 0.680. The summed E-state index contributed by atoms with van der Waals surface area (Å²) in [6.07, 6.45) is 1.88. The van der Waals surface area contributed by atoms with Gasteiger partial charge in [-0.05, 0) is 44.4 Å². The Kier molecular flexibility index (Phi) is 7.83. The minimum atomic E-state index is -0.189. The Hall–Kier alpha value is -1.55. The van der Waals surface area contributed by atoms with E-state index >= 15 is 0 Å². The number of carbonyl (C=O) groups excluding carboxylic acids is 1. The summed E-state index contributed by atoms with van der Waals surface area (Å²) in [7, 11) is 0. The average molecular weight is 291 g/mol. The highest BCUT2D eigenvalue weighted by atomic mass is 16.2. The third-order valence-electron chi connectivity index (χ3n) is 3.56. The number of anilines is 1. The molecule has 0 aromatic heterocycles. The van der Waals surface area contributed by atoms with Crippen molar-refractivity contribution in [3.63, 3.8) is 0 Å². The van der Waals surface area contributed by atoms with Gasteiger partial charge < -0.3 is 16.0 Å². The first-order chi connectivity index (χ1) is 10.1. The zero-order chi connectivity index (χ0) is 15.7. The van der Waals surface area contributed by atoms with Crippen LogP contribution in [0.2, 0.25) is 0 Å². The molecule has 0 bridgehead atoms. The lowest BCUT2D eigenvalue weighted by molar-refractivity contribution is -0.122. The fraction of sp³-hybridized carbons (Fsp3) is 0.588. The molecule has 4 nitrogen and oxygen atoms in total.